The van der Waals surface area contributed by atoms with E-state index in [0.717, 1.165) is 0 Å². The maximum absolute atomic E-state index is 8.76. The fourth-order valence-corrected chi connectivity index (χ4v) is 1.93. The Morgan fingerprint density at radius 1 is 1.27 bits per heavy atom. The van der Waals surface area contributed by atoms with Crippen LogP contribution in [0, 0.1) is 5.89 Å². The molecule has 0 amide bonds. The summed E-state index contributed by atoms with van der Waals surface area (Å²) in [5.41, 5.74) is -3.64. The molecule has 120 valence electrons. The lowest BCUT2D eigenvalue weighted by molar-refractivity contribution is 0.00578. The zero-order valence-electron chi connectivity index (χ0n) is 28.8. The Kier molecular flexibility index (Phi) is 1.40. The molecule has 2 aliphatic heterocycles. The van der Waals surface area contributed by atoms with E-state index < -0.39 is 92.1 Å². The molecule has 0 atom stereocenters. The van der Waals surface area contributed by atoms with Crippen molar-refractivity contribution in [3.63, 3.8) is 0 Å². The second kappa shape index (κ2) is 5.57. The van der Waals surface area contributed by atoms with Crippen LogP contribution in [0.4, 0.5) is 5.69 Å². The lowest BCUT2D eigenvalue weighted by Crippen LogP contribution is -2.41. The average molecular weight is 317 g/mol. The summed E-state index contributed by atoms with van der Waals surface area (Å²) in [5.74, 6) is -3.99. The highest BCUT2D eigenvalue weighted by Gasteiger charge is 2.51. The van der Waals surface area contributed by atoms with E-state index in [1.807, 2.05) is 0 Å². The zero-order chi connectivity index (χ0) is 30.0. The topological polar surface area (TPSA) is 21.7 Å². The van der Waals surface area contributed by atoms with Crippen LogP contribution in [0.1, 0.15) is 69.2 Å². The number of hydrogen-bond acceptors (Lipinski definition) is 3. The molecular formula is C18H28BNO2. The van der Waals surface area contributed by atoms with Crippen LogP contribution in [0.2, 0.25) is 0 Å². The van der Waals surface area contributed by atoms with Crippen LogP contribution >= 0.6 is 0 Å². The Labute approximate surface area is 157 Å². The van der Waals surface area contributed by atoms with Gasteiger partial charge in [0, 0.05) is 35.1 Å². The van der Waals surface area contributed by atoms with Crippen LogP contribution in [0.3, 0.4) is 0 Å². The Hall–Kier alpha value is -0.995. The molecular weight excluding hydrogens is 273 g/mol. The molecule has 0 spiro atoms. The molecule has 0 saturated carbocycles. The second-order valence-corrected chi connectivity index (χ2v) is 6.03. The highest BCUT2D eigenvalue weighted by atomic mass is 16.7. The van der Waals surface area contributed by atoms with E-state index in [2.05, 4.69) is 0 Å². The van der Waals surface area contributed by atoms with E-state index in [1.54, 1.807) is 27.7 Å². The number of piperidine rings is 1. The highest BCUT2D eigenvalue weighted by Crippen LogP contribution is 2.36. The number of hydrogen-bond donors (Lipinski definition) is 0. The standard InChI is InChI=1S/C18H28BNO2/c1-14-9-11-20(12-10-14)16-8-6-7-15(13-16)19-21-17(2,3)18(4,5)22-19/h6-8,13-14H,9-12H2,1-5H3/i1D3,6D,7D,8D,9D2,10D2,11D2,12D2,13D,14D. The van der Waals surface area contributed by atoms with Crippen molar-refractivity contribution in [2.45, 2.75) is 58.5 Å². The first-order chi connectivity index (χ1) is 16.6. The number of nitrogens with zero attached hydrogens (tertiary/aromatic N) is 1. The van der Waals surface area contributed by atoms with Gasteiger partial charge in [-0.2, -0.15) is 0 Å². The molecule has 0 bridgehead atoms. The molecule has 2 saturated heterocycles. The minimum atomic E-state index is -3.99. The van der Waals surface area contributed by atoms with Crippen molar-refractivity contribution >= 4 is 18.3 Å². The van der Waals surface area contributed by atoms with Gasteiger partial charge in [-0.25, -0.2) is 0 Å². The normalized spacial score (nSPS) is 46.5. The summed E-state index contributed by atoms with van der Waals surface area (Å²) < 4.78 is 144. The minimum Gasteiger partial charge on any atom is -0.399 e. The van der Waals surface area contributed by atoms with Gasteiger partial charge in [0.25, 0.3) is 0 Å². The van der Waals surface area contributed by atoms with Gasteiger partial charge >= 0.3 is 7.12 Å². The Bertz CT molecular complexity index is 1120. The van der Waals surface area contributed by atoms with Crippen molar-refractivity contribution in [2.24, 2.45) is 5.89 Å². The quantitative estimate of drug-likeness (QED) is 0.782. The first-order valence-corrected chi connectivity index (χ1v) is 6.84. The molecule has 4 heteroatoms. The third-order valence-electron chi connectivity index (χ3n) is 3.93. The number of benzene rings is 1. The smallest absolute Gasteiger partial charge is 0.399 e. The van der Waals surface area contributed by atoms with Crippen LogP contribution in [0.5, 0.6) is 0 Å². The highest BCUT2D eigenvalue weighted by molar-refractivity contribution is 6.62. The van der Waals surface area contributed by atoms with Crippen molar-refractivity contribution in [1.29, 1.82) is 0 Å². The van der Waals surface area contributed by atoms with Crippen LogP contribution < -0.4 is 10.4 Å². The Balaban J connectivity index is 2.43. The molecule has 1 aromatic rings. The second-order valence-electron chi connectivity index (χ2n) is 6.03. The predicted molar refractivity (Wildman–Crippen MR) is 92.8 cm³/mol. The molecule has 0 radical (unpaired) electrons. The van der Waals surface area contributed by atoms with E-state index in [0.29, 0.717) is 0 Å². The molecule has 0 aromatic heterocycles. The molecule has 2 fully saturated rings. The predicted octanol–water partition coefficient (Wildman–Crippen LogP) is 3.22. The summed E-state index contributed by atoms with van der Waals surface area (Å²) >= 11 is 0. The number of anilines is 1. The lowest BCUT2D eigenvalue weighted by Gasteiger charge is -2.32. The molecule has 22 heavy (non-hydrogen) atoms. The molecule has 0 N–H and O–H groups in total. The lowest BCUT2D eigenvalue weighted by atomic mass is 9.79. The van der Waals surface area contributed by atoms with Gasteiger partial charge in [0.2, 0.25) is 0 Å². The van der Waals surface area contributed by atoms with Gasteiger partial charge in [0.1, 0.15) is 0 Å². The largest absolute Gasteiger partial charge is 0.494 e. The summed E-state index contributed by atoms with van der Waals surface area (Å²) in [5, 5.41) is 0. The van der Waals surface area contributed by atoms with E-state index in [-0.39, 0.29) is 4.90 Å². The third-order valence-corrected chi connectivity index (χ3v) is 3.93. The summed E-state index contributed by atoms with van der Waals surface area (Å²) in [4.78, 5) is -0.227. The summed E-state index contributed by atoms with van der Waals surface area (Å²) in [6.45, 7) is -4.98. The zero-order valence-corrected chi connectivity index (χ0v) is 12.8. The monoisotopic (exact) mass is 317 g/mol. The van der Waals surface area contributed by atoms with Crippen molar-refractivity contribution < 1.29 is 31.2 Å². The third kappa shape index (κ3) is 2.91. The maximum atomic E-state index is 8.76. The van der Waals surface area contributed by atoms with E-state index in [4.69, 9.17) is 31.2 Å². The van der Waals surface area contributed by atoms with E-state index in [9.17, 15) is 0 Å². The molecule has 0 aliphatic carbocycles. The van der Waals surface area contributed by atoms with Gasteiger partial charge in [-0.3, -0.25) is 0 Å². The van der Waals surface area contributed by atoms with E-state index >= 15 is 0 Å². The van der Waals surface area contributed by atoms with Crippen LogP contribution in [-0.4, -0.2) is 31.3 Å². The van der Waals surface area contributed by atoms with Crippen molar-refractivity contribution in [2.75, 3.05) is 17.9 Å². The summed E-state index contributed by atoms with van der Waals surface area (Å²) in [7, 11) is -1.52. The van der Waals surface area contributed by atoms with Crippen molar-refractivity contribution in [3.8, 4) is 0 Å². The Morgan fingerprint density at radius 2 is 1.91 bits per heavy atom. The van der Waals surface area contributed by atoms with Crippen molar-refractivity contribution in [3.05, 3.63) is 24.2 Å². The summed E-state index contributed by atoms with van der Waals surface area (Å²) in [6, 6.07) is -3.75. The minimum absolute atomic E-state index is 0.227. The van der Waals surface area contributed by atoms with Crippen LogP contribution in [0.15, 0.2) is 24.2 Å². The molecule has 3 nitrogen and oxygen atoms in total. The SMILES string of the molecule is [2H]c1c([2H])c(B2OC(C)(C)C(C)(C)O2)c([2H])c(N2C([2H])([2H])C([2H])([2H])C([2H])(C([2H])([2H])[2H])C([2H])([2H])C2([2H])[2H])c1[2H]. The van der Waals surface area contributed by atoms with E-state index in [1.165, 1.54) is 0 Å². The maximum Gasteiger partial charge on any atom is 0.494 e. The van der Waals surface area contributed by atoms with Gasteiger partial charge in [-0.05, 0) is 63.9 Å². The van der Waals surface area contributed by atoms with Gasteiger partial charge in [0.15, 0.2) is 0 Å². The summed E-state index contributed by atoms with van der Waals surface area (Å²) in [6.07, 6.45) is -7.93. The van der Waals surface area contributed by atoms with Gasteiger partial charge in [0.05, 0.1) is 16.7 Å². The van der Waals surface area contributed by atoms with Gasteiger partial charge in [-0.15, -0.1) is 0 Å². The van der Waals surface area contributed by atoms with Crippen molar-refractivity contribution in [1.82, 2.24) is 0 Å². The molecule has 0 unspecified atom stereocenters. The fourth-order valence-electron chi connectivity index (χ4n) is 1.93. The molecule has 2 heterocycles. The first-order valence-electron chi connectivity index (χ1n) is 14.8. The van der Waals surface area contributed by atoms with Gasteiger partial charge < -0.3 is 14.2 Å². The Morgan fingerprint density at radius 3 is 2.50 bits per heavy atom. The molecule has 3 rings (SSSR count). The number of rotatable bonds is 2. The fraction of sp³-hybridized carbons (Fsp3) is 0.667. The molecule has 1 aromatic carbocycles. The van der Waals surface area contributed by atoms with Crippen LogP contribution in [0.25, 0.3) is 0 Å². The first kappa shape index (κ1) is 5.53. The average Bonchev–Trinajstić information content (AvgIpc) is 2.93. The van der Waals surface area contributed by atoms with Crippen LogP contribution in [-0.2, 0) is 9.31 Å². The molecule has 2 aliphatic rings. The van der Waals surface area contributed by atoms with Gasteiger partial charge in [-0.1, -0.05) is 18.9 Å².